The molecule has 5 heteroatoms. The van der Waals surface area contributed by atoms with Gasteiger partial charge in [0.05, 0.1) is 30.9 Å². The highest BCUT2D eigenvalue weighted by Gasteiger charge is 2.28. The van der Waals surface area contributed by atoms with Crippen LogP contribution in [0.15, 0.2) is 18.2 Å². The highest BCUT2D eigenvalue weighted by atomic mass is 35.5. The molecule has 4 nitrogen and oxygen atoms in total. The van der Waals surface area contributed by atoms with Crippen LogP contribution in [0.4, 0.5) is 5.69 Å². The lowest BCUT2D eigenvalue weighted by Gasteiger charge is -2.35. The molecule has 0 aromatic heterocycles. The third kappa shape index (κ3) is 4.27. The summed E-state index contributed by atoms with van der Waals surface area (Å²) in [5.41, 5.74) is 0.941. The second-order valence-corrected chi connectivity index (χ2v) is 5.76. The van der Waals surface area contributed by atoms with Crippen LogP contribution in [0.2, 0.25) is 5.02 Å². The van der Waals surface area contributed by atoms with Crippen LogP contribution in [0, 0.1) is 0 Å². The van der Waals surface area contributed by atoms with Gasteiger partial charge in [0.2, 0.25) is 0 Å². The molecule has 1 N–H and O–H groups in total. The number of ether oxygens (including phenoxy) is 3. The van der Waals surface area contributed by atoms with E-state index in [-0.39, 0.29) is 6.04 Å². The fourth-order valence-electron chi connectivity index (χ4n) is 1.93. The number of anilines is 1. The number of halogens is 1. The normalized spacial score (nSPS) is 18.8. The maximum absolute atomic E-state index is 6.20. The summed E-state index contributed by atoms with van der Waals surface area (Å²) >= 11 is 6.20. The van der Waals surface area contributed by atoms with E-state index in [4.69, 9.17) is 25.8 Å². The first-order valence-electron chi connectivity index (χ1n) is 6.97. The predicted molar refractivity (Wildman–Crippen MR) is 80.6 cm³/mol. The third-order valence-electron chi connectivity index (χ3n) is 3.03. The fourth-order valence-corrected chi connectivity index (χ4v) is 2.17. The van der Waals surface area contributed by atoms with Crippen molar-refractivity contribution in [3.63, 3.8) is 0 Å². The topological polar surface area (TPSA) is 39.7 Å². The number of nitrogens with one attached hydrogen (secondary N) is 1. The molecule has 0 bridgehead atoms. The molecule has 1 saturated heterocycles. The summed E-state index contributed by atoms with van der Waals surface area (Å²) in [4.78, 5) is 0. The van der Waals surface area contributed by atoms with Gasteiger partial charge in [-0.05, 0) is 38.5 Å². The first kappa shape index (κ1) is 15.4. The van der Waals surface area contributed by atoms with Gasteiger partial charge in [-0.1, -0.05) is 18.5 Å². The summed E-state index contributed by atoms with van der Waals surface area (Å²) in [5, 5.41) is 3.97. The van der Waals surface area contributed by atoms with Gasteiger partial charge in [0.25, 0.3) is 0 Å². The van der Waals surface area contributed by atoms with Crippen molar-refractivity contribution in [1.82, 2.24) is 0 Å². The quantitative estimate of drug-likeness (QED) is 0.900. The lowest BCUT2D eigenvalue weighted by molar-refractivity contribution is -0.247. The monoisotopic (exact) mass is 299 g/mol. The molecule has 20 heavy (non-hydrogen) atoms. The summed E-state index contributed by atoms with van der Waals surface area (Å²) in [6.45, 7) is 7.79. The van der Waals surface area contributed by atoms with Crippen molar-refractivity contribution in [3.8, 4) is 5.75 Å². The zero-order chi connectivity index (χ0) is 14.6. The van der Waals surface area contributed by atoms with E-state index in [2.05, 4.69) is 12.2 Å². The van der Waals surface area contributed by atoms with Crippen molar-refractivity contribution in [2.45, 2.75) is 39.0 Å². The van der Waals surface area contributed by atoms with E-state index in [9.17, 15) is 0 Å². The summed E-state index contributed by atoms with van der Waals surface area (Å²) < 4.78 is 16.8. The van der Waals surface area contributed by atoms with E-state index >= 15 is 0 Å². The standard InChI is InChI=1S/C15H22ClNO3/c1-4-7-18-14-6-5-11(8-13(14)16)17-12-9-19-15(2,3)20-10-12/h5-6,8,12,17H,4,7,9-10H2,1-3H3. The van der Waals surface area contributed by atoms with Gasteiger partial charge in [0.1, 0.15) is 5.75 Å². The van der Waals surface area contributed by atoms with Crippen LogP contribution in [0.5, 0.6) is 5.75 Å². The molecular weight excluding hydrogens is 278 g/mol. The molecular formula is C15H22ClNO3. The van der Waals surface area contributed by atoms with Gasteiger partial charge in [-0.25, -0.2) is 0 Å². The van der Waals surface area contributed by atoms with Gasteiger partial charge < -0.3 is 19.5 Å². The maximum atomic E-state index is 6.20. The van der Waals surface area contributed by atoms with E-state index in [0.717, 1.165) is 17.9 Å². The highest BCUT2D eigenvalue weighted by Crippen LogP contribution is 2.28. The van der Waals surface area contributed by atoms with Crippen LogP contribution in [0.25, 0.3) is 0 Å². The zero-order valence-electron chi connectivity index (χ0n) is 12.2. The Hall–Kier alpha value is -0.970. The van der Waals surface area contributed by atoms with E-state index in [0.29, 0.717) is 24.8 Å². The fraction of sp³-hybridized carbons (Fsp3) is 0.600. The zero-order valence-corrected chi connectivity index (χ0v) is 13.0. The molecule has 0 amide bonds. The Labute approximate surface area is 125 Å². The van der Waals surface area contributed by atoms with Crippen molar-refractivity contribution in [1.29, 1.82) is 0 Å². The summed E-state index contributed by atoms with van der Waals surface area (Å²) in [5.74, 6) is 0.226. The van der Waals surface area contributed by atoms with Crippen LogP contribution in [0.1, 0.15) is 27.2 Å². The molecule has 0 atom stereocenters. The third-order valence-corrected chi connectivity index (χ3v) is 3.32. The van der Waals surface area contributed by atoms with E-state index in [1.807, 2.05) is 32.0 Å². The molecule has 1 aromatic carbocycles. The van der Waals surface area contributed by atoms with Crippen LogP contribution in [0.3, 0.4) is 0 Å². The molecule has 0 radical (unpaired) electrons. The smallest absolute Gasteiger partial charge is 0.162 e. The predicted octanol–water partition coefficient (Wildman–Crippen LogP) is 3.69. The van der Waals surface area contributed by atoms with Crippen molar-refractivity contribution in [2.24, 2.45) is 0 Å². The van der Waals surface area contributed by atoms with Gasteiger partial charge in [0, 0.05) is 5.69 Å². The van der Waals surface area contributed by atoms with Gasteiger partial charge >= 0.3 is 0 Å². The summed E-state index contributed by atoms with van der Waals surface area (Å²) in [7, 11) is 0. The Morgan fingerprint density at radius 3 is 2.65 bits per heavy atom. The average molecular weight is 300 g/mol. The van der Waals surface area contributed by atoms with Gasteiger partial charge in [-0.2, -0.15) is 0 Å². The molecule has 1 fully saturated rings. The lowest BCUT2D eigenvalue weighted by Crippen LogP contribution is -2.45. The maximum Gasteiger partial charge on any atom is 0.162 e. The molecule has 0 saturated carbocycles. The molecule has 0 aliphatic carbocycles. The van der Waals surface area contributed by atoms with Gasteiger partial charge in [0.15, 0.2) is 5.79 Å². The van der Waals surface area contributed by atoms with E-state index in [1.54, 1.807) is 0 Å². The molecule has 1 heterocycles. The number of benzene rings is 1. The molecule has 1 aliphatic heterocycles. The van der Waals surface area contributed by atoms with Crippen molar-refractivity contribution in [2.75, 3.05) is 25.1 Å². The summed E-state index contributed by atoms with van der Waals surface area (Å²) in [6, 6.07) is 5.83. The molecule has 0 spiro atoms. The van der Waals surface area contributed by atoms with Crippen LogP contribution < -0.4 is 10.1 Å². The number of rotatable bonds is 5. The SMILES string of the molecule is CCCOc1ccc(NC2COC(C)(C)OC2)cc1Cl. The molecule has 2 rings (SSSR count). The van der Waals surface area contributed by atoms with E-state index in [1.165, 1.54) is 0 Å². The minimum Gasteiger partial charge on any atom is -0.492 e. The minimum atomic E-state index is -0.492. The Balaban J connectivity index is 1.92. The lowest BCUT2D eigenvalue weighted by atomic mass is 10.2. The highest BCUT2D eigenvalue weighted by molar-refractivity contribution is 6.32. The largest absolute Gasteiger partial charge is 0.492 e. The molecule has 112 valence electrons. The van der Waals surface area contributed by atoms with Crippen molar-refractivity contribution in [3.05, 3.63) is 23.2 Å². The Morgan fingerprint density at radius 2 is 2.05 bits per heavy atom. The van der Waals surface area contributed by atoms with Crippen LogP contribution in [-0.2, 0) is 9.47 Å². The second kappa shape index (κ2) is 6.66. The van der Waals surface area contributed by atoms with Gasteiger partial charge in [-0.3, -0.25) is 0 Å². The van der Waals surface area contributed by atoms with Crippen LogP contribution >= 0.6 is 11.6 Å². The average Bonchev–Trinajstić information content (AvgIpc) is 2.40. The van der Waals surface area contributed by atoms with Crippen molar-refractivity contribution < 1.29 is 14.2 Å². The second-order valence-electron chi connectivity index (χ2n) is 5.36. The molecule has 1 aromatic rings. The Morgan fingerprint density at radius 1 is 1.35 bits per heavy atom. The molecule has 1 aliphatic rings. The van der Waals surface area contributed by atoms with E-state index < -0.39 is 5.79 Å². The molecule has 0 unspecified atom stereocenters. The summed E-state index contributed by atoms with van der Waals surface area (Å²) in [6.07, 6.45) is 0.961. The van der Waals surface area contributed by atoms with Gasteiger partial charge in [-0.15, -0.1) is 0 Å². The van der Waals surface area contributed by atoms with Crippen LogP contribution in [-0.4, -0.2) is 31.6 Å². The number of hydrogen-bond donors (Lipinski definition) is 1. The van der Waals surface area contributed by atoms with Crippen molar-refractivity contribution >= 4 is 17.3 Å². The number of hydrogen-bond acceptors (Lipinski definition) is 4. The first-order chi connectivity index (χ1) is 9.50. The Kier molecular flexibility index (Phi) is 5.13. The first-order valence-corrected chi connectivity index (χ1v) is 7.35. The minimum absolute atomic E-state index is 0.126. The Bertz CT molecular complexity index is 441.